The van der Waals surface area contributed by atoms with E-state index >= 15 is 0 Å². The second-order valence-electron chi connectivity index (χ2n) is 5.92. The van der Waals surface area contributed by atoms with Crippen LogP contribution in [0.1, 0.15) is 12.0 Å². The molecule has 0 spiro atoms. The number of hydrogen-bond acceptors (Lipinski definition) is 5. The van der Waals surface area contributed by atoms with Crippen molar-refractivity contribution in [3.8, 4) is 0 Å². The number of methoxy groups -OCH3 is 1. The molecule has 0 radical (unpaired) electrons. The van der Waals surface area contributed by atoms with Crippen molar-refractivity contribution >= 4 is 29.6 Å². The molecule has 144 valence electrons. The summed E-state index contributed by atoms with van der Waals surface area (Å²) in [4.78, 5) is 24.4. The zero-order chi connectivity index (χ0) is 18.5. The van der Waals surface area contributed by atoms with E-state index in [1.165, 1.54) is 16.2 Å². The summed E-state index contributed by atoms with van der Waals surface area (Å²) >= 11 is 0. The Morgan fingerprint density at radius 1 is 1.30 bits per heavy atom. The molecule has 1 amide bonds. The van der Waals surface area contributed by atoms with Gasteiger partial charge in [0, 0.05) is 25.5 Å². The van der Waals surface area contributed by atoms with Crippen LogP contribution in [0.5, 0.6) is 0 Å². The van der Waals surface area contributed by atoms with Gasteiger partial charge in [-0.1, -0.05) is 18.2 Å². The molecule has 0 aliphatic carbocycles. The molecule has 1 unspecified atom stereocenters. The standard InChI is InChI=1S/C18H21N5O3.ClH/c1-26-15(11-19)10-17(24)20-14-6-4-5-13(9-14)12-23-18(25)22-8-3-2-7-16(22)21-23;/h2-9,15H,10-12,19H2,1H3,(H,20,24);1H. The van der Waals surface area contributed by atoms with Crippen LogP contribution in [0.2, 0.25) is 0 Å². The molecule has 1 atom stereocenters. The number of halogens is 1. The van der Waals surface area contributed by atoms with E-state index in [-0.39, 0.29) is 43.1 Å². The number of amides is 1. The maximum absolute atomic E-state index is 12.4. The first-order valence-electron chi connectivity index (χ1n) is 8.26. The Labute approximate surface area is 162 Å². The van der Waals surface area contributed by atoms with Gasteiger partial charge in [0.05, 0.1) is 19.1 Å². The Balaban J connectivity index is 0.00000261. The van der Waals surface area contributed by atoms with E-state index in [2.05, 4.69) is 10.4 Å². The number of ether oxygens (including phenoxy) is 1. The van der Waals surface area contributed by atoms with Gasteiger partial charge in [0.2, 0.25) is 5.91 Å². The number of aromatic nitrogens is 3. The molecule has 27 heavy (non-hydrogen) atoms. The van der Waals surface area contributed by atoms with Crippen molar-refractivity contribution in [3.05, 3.63) is 64.7 Å². The lowest BCUT2D eigenvalue weighted by atomic mass is 10.2. The molecule has 3 N–H and O–H groups in total. The van der Waals surface area contributed by atoms with Crippen LogP contribution in [0.15, 0.2) is 53.5 Å². The predicted molar refractivity (Wildman–Crippen MR) is 105 cm³/mol. The Kier molecular flexibility index (Phi) is 7.12. The Hall–Kier alpha value is -2.68. The van der Waals surface area contributed by atoms with Crippen molar-refractivity contribution in [3.63, 3.8) is 0 Å². The molecule has 0 aliphatic rings. The van der Waals surface area contributed by atoms with Crippen molar-refractivity contribution in [1.82, 2.24) is 14.2 Å². The second kappa shape index (κ2) is 9.31. The van der Waals surface area contributed by atoms with Crippen LogP contribution < -0.4 is 16.7 Å². The summed E-state index contributed by atoms with van der Waals surface area (Å²) in [6.07, 6.45) is 1.56. The van der Waals surface area contributed by atoms with Gasteiger partial charge in [-0.25, -0.2) is 9.48 Å². The van der Waals surface area contributed by atoms with Crippen molar-refractivity contribution in [1.29, 1.82) is 0 Å². The van der Waals surface area contributed by atoms with Crippen LogP contribution in [0.3, 0.4) is 0 Å². The van der Waals surface area contributed by atoms with Gasteiger partial charge in [-0.2, -0.15) is 0 Å². The Bertz CT molecular complexity index is 965. The van der Waals surface area contributed by atoms with Gasteiger partial charge >= 0.3 is 5.69 Å². The number of nitrogens with zero attached hydrogens (tertiary/aromatic N) is 3. The average Bonchev–Trinajstić information content (AvgIpc) is 2.96. The van der Waals surface area contributed by atoms with Crippen molar-refractivity contribution < 1.29 is 9.53 Å². The lowest BCUT2D eigenvalue weighted by Gasteiger charge is -2.13. The fourth-order valence-electron chi connectivity index (χ4n) is 2.67. The molecule has 8 nitrogen and oxygen atoms in total. The van der Waals surface area contributed by atoms with Gasteiger partial charge in [0.15, 0.2) is 5.65 Å². The topological polar surface area (TPSA) is 104 Å². The van der Waals surface area contributed by atoms with Gasteiger partial charge in [-0.05, 0) is 29.8 Å². The summed E-state index contributed by atoms with van der Waals surface area (Å²) in [6.45, 7) is 0.592. The van der Waals surface area contributed by atoms with E-state index in [4.69, 9.17) is 10.5 Å². The van der Waals surface area contributed by atoms with Gasteiger partial charge in [-0.15, -0.1) is 17.5 Å². The van der Waals surface area contributed by atoms with Crippen LogP contribution in [-0.4, -0.2) is 39.8 Å². The zero-order valence-electron chi connectivity index (χ0n) is 14.9. The predicted octanol–water partition coefficient (Wildman–Crippen LogP) is 1.27. The second-order valence-corrected chi connectivity index (χ2v) is 5.92. The lowest BCUT2D eigenvalue weighted by molar-refractivity contribution is -0.118. The van der Waals surface area contributed by atoms with E-state index in [0.717, 1.165) is 5.56 Å². The molecule has 0 saturated heterocycles. The van der Waals surface area contributed by atoms with Crippen LogP contribution in [-0.2, 0) is 16.1 Å². The lowest BCUT2D eigenvalue weighted by Crippen LogP contribution is -2.28. The third kappa shape index (κ3) is 4.94. The Morgan fingerprint density at radius 2 is 2.11 bits per heavy atom. The van der Waals surface area contributed by atoms with Gasteiger partial charge in [-0.3, -0.25) is 9.20 Å². The fourth-order valence-corrected chi connectivity index (χ4v) is 2.67. The molecule has 3 aromatic rings. The third-order valence-electron chi connectivity index (χ3n) is 4.04. The van der Waals surface area contributed by atoms with Crippen LogP contribution in [0, 0.1) is 0 Å². The first-order chi connectivity index (χ1) is 12.6. The molecule has 2 heterocycles. The highest BCUT2D eigenvalue weighted by Crippen LogP contribution is 2.12. The molecule has 0 saturated carbocycles. The van der Waals surface area contributed by atoms with Crippen molar-refractivity contribution in [2.45, 2.75) is 19.1 Å². The highest BCUT2D eigenvalue weighted by atomic mass is 35.5. The molecule has 1 aromatic carbocycles. The molecule has 0 fully saturated rings. The number of carbonyl (C=O) groups is 1. The summed E-state index contributed by atoms with van der Waals surface area (Å²) in [5.74, 6) is -0.177. The number of anilines is 1. The quantitative estimate of drug-likeness (QED) is 0.631. The first-order valence-corrected chi connectivity index (χ1v) is 8.26. The largest absolute Gasteiger partial charge is 0.380 e. The number of pyridine rings is 1. The molecule has 9 heteroatoms. The van der Waals surface area contributed by atoms with Crippen molar-refractivity contribution in [2.75, 3.05) is 19.0 Å². The maximum Gasteiger partial charge on any atom is 0.350 e. The molecular formula is C18H22ClN5O3. The molecule has 0 aliphatic heterocycles. The minimum atomic E-state index is -0.310. The van der Waals surface area contributed by atoms with Crippen LogP contribution >= 0.6 is 12.4 Å². The summed E-state index contributed by atoms with van der Waals surface area (Å²) in [7, 11) is 1.53. The molecule has 2 aromatic heterocycles. The number of benzene rings is 1. The maximum atomic E-state index is 12.4. The van der Waals surface area contributed by atoms with E-state index in [1.54, 1.807) is 24.4 Å². The number of rotatable bonds is 7. The highest BCUT2D eigenvalue weighted by Gasteiger charge is 2.12. The number of hydrogen-bond donors (Lipinski definition) is 2. The molecular weight excluding hydrogens is 370 g/mol. The SMILES string of the molecule is COC(CN)CC(=O)Nc1cccc(Cn2nc3ccccn3c2=O)c1.Cl. The van der Waals surface area contributed by atoms with Crippen LogP contribution in [0.25, 0.3) is 5.65 Å². The summed E-state index contributed by atoms with van der Waals surface area (Å²) in [6, 6.07) is 12.7. The summed E-state index contributed by atoms with van der Waals surface area (Å²) in [5, 5.41) is 7.13. The number of carbonyl (C=O) groups excluding carboxylic acids is 1. The normalized spacial score (nSPS) is 11.8. The van der Waals surface area contributed by atoms with Crippen LogP contribution in [0.4, 0.5) is 5.69 Å². The van der Waals surface area contributed by atoms with Crippen molar-refractivity contribution in [2.24, 2.45) is 5.73 Å². The van der Waals surface area contributed by atoms with Gasteiger partial charge in [0.1, 0.15) is 0 Å². The average molecular weight is 392 g/mol. The minimum absolute atomic E-state index is 0. The molecule has 3 rings (SSSR count). The number of fused-ring (bicyclic) bond motifs is 1. The van der Waals surface area contributed by atoms with Gasteiger partial charge in [0.25, 0.3) is 0 Å². The summed E-state index contributed by atoms with van der Waals surface area (Å²) in [5.41, 5.74) is 7.43. The van der Waals surface area contributed by atoms with E-state index in [9.17, 15) is 9.59 Å². The smallest absolute Gasteiger partial charge is 0.350 e. The third-order valence-corrected chi connectivity index (χ3v) is 4.04. The highest BCUT2D eigenvalue weighted by molar-refractivity contribution is 5.91. The van der Waals surface area contributed by atoms with E-state index in [0.29, 0.717) is 17.9 Å². The van der Waals surface area contributed by atoms with Gasteiger partial charge < -0.3 is 15.8 Å². The minimum Gasteiger partial charge on any atom is -0.380 e. The first kappa shape index (κ1) is 20.6. The Morgan fingerprint density at radius 3 is 2.81 bits per heavy atom. The zero-order valence-corrected chi connectivity index (χ0v) is 15.7. The number of nitrogens with two attached hydrogens (primary N) is 1. The summed E-state index contributed by atoms with van der Waals surface area (Å²) < 4.78 is 8.00. The van der Waals surface area contributed by atoms with E-state index < -0.39 is 0 Å². The monoisotopic (exact) mass is 391 g/mol. The fraction of sp³-hybridized carbons (Fsp3) is 0.278. The van der Waals surface area contributed by atoms with E-state index in [1.807, 2.05) is 24.3 Å². The number of nitrogens with one attached hydrogen (secondary N) is 1. The molecule has 0 bridgehead atoms.